The Hall–Kier alpha value is -3.00. The molecule has 3 aromatic rings. The van der Waals surface area contributed by atoms with E-state index in [1.807, 2.05) is 0 Å². The molecule has 3 rings (SSSR count). The van der Waals surface area contributed by atoms with Crippen LogP contribution in [0.3, 0.4) is 0 Å². The van der Waals surface area contributed by atoms with E-state index >= 15 is 0 Å². The lowest BCUT2D eigenvalue weighted by Gasteiger charge is -2.04. The number of hydrogen-bond donors (Lipinski definition) is 2. The Morgan fingerprint density at radius 3 is 2.79 bits per heavy atom. The standard InChI is InChI=1S/C16H12FN3O3S/c17-12-4-2-1-3-10(12)7-18-15(22)13-8-23-16(19-13)20-14(21)11-5-6-24-9-11/h1-6,8-9H,7H2,(H,18,22)(H,19,20,21). The highest BCUT2D eigenvalue weighted by atomic mass is 32.1. The number of amides is 2. The van der Waals surface area contributed by atoms with Crippen LogP contribution >= 0.6 is 11.3 Å². The predicted molar refractivity (Wildman–Crippen MR) is 86.3 cm³/mol. The van der Waals surface area contributed by atoms with E-state index in [0.717, 1.165) is 6.26 Å². The van der Waals surface area contributed by atoms with Crippen LogP contribution in [0, 0.1) is 5.82 Å². The zero-order valence-electron chi connectivity index (χ0n) is 12.3. The largest absolute Gasteiger partial charge is 0.431 e. The molecule has 0 aliphatic heterocycles. The predicted octanol–water partition coefficient (Wildman–Crippen LogP) is 3.06. The average molecular weight is 345 g/mol. The lowest BCUT2D eigenvalue weighted by Crippen LogP contribution is -2.23. The SMILES string of the molecule is O=C(Nc1nc(C(=O)NCc2ccccc2F)co1)c1ccsc1. The average Bonchev–Trinajstić information content (AvgIpc) is 3.25. The molecule has 0 saturated carbocycles. The number of anilines is 1. The number of oxazole rings is 1. The molecule has 0 bridgehead atoms. The first kappa shape index (κ1) is 15.9. The molecule has 0 aliphatic carbocycles. The maximum Gasteiger partial charge on any atom is 0.302 e. The Balaban J connectivity index is 1.59. The lowest BCUT2D eigenvalue weighted by atomic mass is 10.2. The molecule has 2 N–H and O–H groups in total. The molecule has 2 aromatic heterocycles. The topological polar surface area (TPSA) is 84.2 Å². The van der Waals surface area contributed by atoms with Gasteiger partial charge in [0.05, 0.1) is 5.56 Å². The summed E-state index contributed by atoms with van der Waals surface area (Å²) in [6, 6.07) is 7.72. The van der Waals surface area contributed by atoms with Crippen molar-refractivity contribution in [2.75, 3.05) is 5.32 Å². The third-order valence-electron chi connectivity index (χ3n) is 3.14. The van der Waals surface area contributed by atoms with Crippen LogP contribution in [0.15, 0.2) is 51.8 Å². The quantitative estimate of drug-likeness (QED) is 0.744. The molecular formula is C16H12FN3O3S. The van der Waals surface area contributed by atoms with Crippen molar-refractivity contribution in [3.05, 3.63) is 70.0 Å². The molecule has 24 heavy (non-hydrogen) atoms. The zero-order valence-corrected chi connectivity index (χ0v) is 13.1. The van der Waals surface area contributed by atoms with Gasteiger partial charge in [-0.25, -0.2) is 4.39 Å². The number of hydrogen-bond acceptors (Lipinski definition) is 5. The molecule has 0 fully saturated rings. The van der Waals surface area contributed by atoms with Crippen LogP contribution in [-0.2, 0) is 6.54 Å². The van der Waals surface area contributed by atoms with Gasteiger partial charge >= 0.3 is 6.01 Å². The van der Waals surface area contributed by atoms with Gasteiger partial charge in [-0.05, 0) is 17.5 Å². The third kappa shape index (κ3) is 3.66. The molecule has 8 heteroatoms. The van der Waals surface area contributed by atoms with E-state index in [2.05, 4.69) is 15.6 Å². The molecule has 2 heterocycles. The van der Waals surface area contributed by atoms with E-state index in [9.17, 15) is 14.0 Å². The normalized spacial score (nSPS) is 10.4. The van der Waals surface area contributed by atoms with Crippen LogP contribution in [0.2, 0.25) is 0 Å². The molecule has 2 amide bonds. The van der Waals surface area contributed by atoms with Crippen LogP contribution in [0.5, 0.6) is 0 Å². The van der Waals surface area contributed by atoms with E-state index in [1.165, 1.54) is 17.4 Å². The van der Waals surface area contributed by atoms with Crippen LogP contribution in [0.25, 0.3) is 0 Å². The molecule has 0 atom stereocenters. The Kier molecular flexibility index (Phi) is 4.66. The second kappa shape index (κ2) is 7.05. The number of carbonyl (C=O) groups excluding carboxylic acids is 2. The van der Waals surface area contributed by atoms with Gasteiger partial charge in [0.1, 0.15) is 12.1 Å². The minimum Gasteiger partial charge on any atom is -0.431 e. The van der Waals surface area contributed by atoms with Crippen molar-refractivity contribution >= 4 is 29.2 Å². The summed E-state index contributed by atoms with van der Waals surface area (Å²) in [6.45, 7) is 0.0228. The monoisotopic (exact) mass is 345 g/mol. The number of rotatable bonds is 5. The molecule has 1 aromatic carbocycles. The molecule has 0 aliphatic rings. The Bertz CT molecular complexity index is 861. The maximum absolute atomic E-state index is 13.5. The summed E-state index contributed by atoms with van der Waals surface area (Å²) in [5, 5.41) is 8.44. The first-order chi connectivity index (χ1) is 11.6. The lowest BCUT2D eigenvalue weighted by molar-refractivity contribution is 0.0944. The summed E-state index contributed by atoms with van der Waals surface area (Å²) in [7, 11) is 0. The van der Waals surface area contributed by atoms with E-state index in [-0.39, 0.29) is 24.2 Å². The van der Waals surface area contributed by atoms with Crippen LogP contribution in [0.1, 0.15) is 26.4 Å². The number of nitrogens with one attached hydrogen (secondary N) is 2. The second-order valence-corrected chi connectivity index (χ2v) is 5.56. The summed E-state index contributed by atoms with van der Waals surface area (Å²) >= 11 is 1.39. The summed E-state index contributed by atoms with van der Waals surface area (Å²) in [4.78, 5) is 27.7. The smallest absolute Gasteiger partial charge is 0.302 e. The van der Waals surface area contributed by atoms with Crippen molar-refractivity contribution in [2.45, 2.75) is 6.54 Å². The van der Waals surface area contributed by atoms with Crippen molar-refractivity contribution < 1.29 is 18.4 Å². The van der Waals surface area contributed by atoms with Crippen molar-refractivity contribution in [2.24, 2.45) is 0 Å². The Morgan fingerprint density at radius 2 is 2.04 bits per heavy atom. The van der Waals surface area contributed by atoms with Crippen molar-refractivity contribution in [1.82, 2.24) is 10.3 Å². The number of thiophene rings is 1. The first-order valence-electron chi connectivity index (χ1n) is 6.94. The molecule has 0 saturated heterocycles. The van der Waals surface area contributed by atoms with E-state index in [4.69, 9.17) is 4.42 Å². The molecule has 6 nitrogen and oxygen atoms in total. The number of halogens is 1. The number of carbonyl (C=O) groups is 2. The highest BCUT2D eigenvalue weighted by Crippen LogP contribution is 2.12. The molecule has 122 valence electrons. The number of aromatic nitrogens is 1. The molecular weight excluding hydrogens is 333 g/mol. The maximum atomic E-state index is 13.5. The van der Waals surface area contributed by atoms with Gasteiger partial charge in [0.25, 0.3) is 11.8 Å². The summed E-state index contributed by atoms with van der Waals surface area (Å²) in [5.41, 5.74) is 0.830. The Morgan fingerprint density at radius 1 is 1.21 bits per heavy atom. The van der Waals surface area contributed by atoms with Gasteiger partial charge in [-0.2, -0.15) is 16.3 Å². The summed E-state index contributed by atoms with van der Waals surface area (Å²) in [6.07, 6.45) is 1.12. The molecule has 0 radical (unpaired) electrons. The number of nitrogens with zero attached hydrogens (tertiary/aromatic N) is 1. The van der Waals surface area contributed by atoms with Gasteiger partial charge in [0.15, 0.2) is 5.69 Å². The van der Waals surface area contributed by atoms with Crippen molar-refractivity contribution in [3.8, 4) is 0 Å². The van der Waals surface area contributed by atoms with E-state index in [0.29, 0.717) is 11.1 Å². The van der Waals surface area contributed by atoms with Gasteiger partial charge in [-0.3, -0.25) is 14.9 Å². The van der Waals surface area contributed by atoms with Gasteiger partial charge in [-0.15, -0.1) is 0 Å². The fourth-order valence-electron chi connectivity index (χ4n) is 1.91. The minimum atomic E-state index is -0.530. The first-order valence-corrected chi connectivity index (χ1v) is 7.88. The Labute approximate surface area is 140 Å². The van der Waals surface area contributed by atoms with Crippen LogP contribution in [0.4, 0.5) is 10.4 Å². The third-order valence-corrected chi connectivity index (χ3v) is 3.82. The van der Waals surface area contributed by atoms with E-state index in [1.54, 1.807) is 35.0 Å². The molecule has 0 unspecified atom stereocenters. The number of benzene rings is 1. The highest BCUT2D eigenvalue weighted by molar-refractivity contribution is 7.08. The summed E-state index contributed by atoms with van der Waals surface area (Å²) in [5.74, 6) is -1.31. The fourth-order valence-corrected chi connectivity index (χ4v) is 2.54. The second-order valence-electron chi connectivity index (χ2n) is 4.78. The van der Waals surface area contributed by atoms with Gasteiger partial charge in [0, 0.05) is 17.5 Å². The van der Waals surface area contributed by atoms with Gasteiger partial charge < -0.3 is 9.73 Å². The van der Waals surface area contributed by atoms with Gasteiger partial charge in [-0.1, -0.05) is 18.2 Å². The fraction of sp³-hybridized carbons (Fsp3) is 0.0625. The molecule has 0 spiro atoms. The summed E-state index contributed by atoms with van der Waals surface area (Å²) < 4.78 is 18.5. The van der Waals surface area contributed by atoms with Crippen LogP contribution < -0.4 is 10.6 Å². The van der Waals surface area contributed by atoms with Gasteiger partial charge in [0.2, 0.25) is 0 Å². The minimum absolute atomic E-state index is 0.00745. The zero-order chi connectivity index (χ0) is 16.9. The van der Waals surface area contributed by atoms with Crippen LogP contribution in [-0.4, -0.2) is 16.8 Å². The van der Waals surface area contributed by atoms with E-state index < -0.39 is 11.7 Å². The highest BCUT2D eigenvalue weighted by Gasteiger charge is 2.15. The van der Waals surface area contributed by atoms with Crippen molar-refractivity contribution in [3.63, 3.8) is 0 Å². The van der Waals surface area contributed by atoms with Crippen molar-refractivity contribution in [1.29, 1.82) is 0 Å².